The minimum absolute atomic E-state index is 0. The third-order valence-electron chi connectivity index (χ3n) is 4.37. The van der Waals surface area contributed by atoms with E-state index in [4.69, 9.17) is 10.5 Å². The summed E-state index contributed by atoms with van der Waals surface area (Å²) in [6, 6.07) is 3.19. The van der Waals surface area contributed by atoms with Crippen molar-refractivity contribution in [3.05, 3.63) is 34.5 Å². The highest BCUT2D eigenvalue weighted by atomic mass is 35.5. The van der Waals surface area contributed by atoms with Gasteiger partial charge < -0.3 is 15.0 Å². The van der Waals surface area contributed by atoms with Gasteiger partial charge in [-0.15, -0.1) is 12.4 Å². The Hall–Kier alpha value is -1.66. The molecule has 1 saturated carbocycles. The van der Waals surface area contributed by atoms with Gasteiger partial charge in [0.1, 0.15) is 5.82 Å². The lowest BCUT2D eigenvalue weighted by Gasteiger charge is -2.25. The van der Waals surface area contributed by atoms with Gasteiger partial charge in [0.15, 0.2) is 5.75 Å². The molecule has 1 aliphatic rings. The van der Waals surface area contributed by atoms with Crippen molar-refractivity contribution >= 4 is 23.4 Å². The van der Waals surface area contributed by atoms with Gasteiger partial charge in [0.2, 0.25) is 0 Å². The van der Waals surface area contributed by atoms with Gasteiger partial charge in [-0.05, 0) is 31.6 Å². The van der Waals surface area contributed by atoms with Gasteiger partial charge in [0.25, 0.3) is 5.56 Å². The van der Waals surface area contributed by atoms with Crippen molar-refractivity contribution in [3.8, 4) is 5.75 Å². The molecule has 5 nitrogen and oxygen atoms in total. The van der Waals surface area contributed by atoms with Crippen LogP contribution in [0.15, 0.2) is 23.1 Å². The first-order valence-electron chi connectivity index (χ1n) is 7.58. The Labute approximate surface area is 140 Å². The third kappa shape index (κ3) is 3.82. The molecule has 0 aromatic carbocycles. The van der Waals surface area contributed by atoms with Crippen LogP contribution < -0.4 is 16.0 Å². The Kier molecular flexibility index (Phi) is 5.59. The summed E-state index contributed by atoms with van der Waals surface area (Å²) in [6.07, 6.45) is 5.20. The molecule has 0 spiro atoms. The van der Waals surface area contributed by atoms with Crippen LogP contribution in [0, 0.1) is 11.7 Å². The van der Waals surface area contributed by atoms with Crippen LogP contribution in [-0.2, 0) is 7.05 Å². The van der Waals surface area contributed by atoms with Crippen LogP contribution in [0.1, 0.15) is 25.7 Å². The maximum Gasteiger partial charge on any atom is 0.293 e. The highest BCUT2D eigenvalue weighted by Crippen LogP contribution is 2.24. The molecular formula is C16H21ClFN3O2. The van der Waals surface area contributed by atoms with Crippen LogP contribution in [0.4, 0.5) is 4.39 Å². The first-order valence-corrected chi connectivity index (χ1v) is 7.58. The standard InChI is InChI=1S/C16H20FN3O2.ClH/c1-20-14-6-11(17)8-19-13(14)7-15(16(20)21)22-9-10-2-4-12(18)5-3-10;/h6-8,10,12H,2-5,9,18H2,1H3;1H/t10-,12-;. The SMILES string of the molecule is Cl.Cn1c(=O)c(OC[C@H]2CC[C@H](N)CC2)cc2ncc(F)cc21. The second-order valence-electron chi connectivity index (χ2n) is 6.02. The van der Waals surface area contributed by atoms with Crippen molar-refractivity contribution in [1.29, 1.82) is 0 Å². The highest BCUT2D eigenvalue weighted by Gasteiger charge is 2.20. The number of nitrogens with zero attached hydrogens (tertiary/aromatic N) is 2. The molecule has 3 rings (SSSR count). The predicted molar refractivity (Wildman–Crippen MR) is 89.6 cm³/mol. The molecule has 0 atom stereocenters. The molecular weight excluding hydrogens is 321 g/mol. The summed E-state index contributed by atoms with van der Waals surface area (Å²) in [7, 11) is 1.60. The fraction of sp³-hybridized carbons (Fsp3) is 0.500. The lowest BCUT2D eigenvalue weighted by molar-refractivity contribution is 0.198. The molecule has 0 amide bonds. The highest BCUT2D eigenvalue weighted by molar-refractivity contribution is 5.85. The quantitative estimate of drug-likeness (QED) is 0.930. The molecule has 0 bridgehead atoms. The van der Waals surface area contributed by atoms with Gasteiger partial charge in [0, 0.05) is 25.2 Å². The van der Waals surface area contributed by atoms with E-state index in [1.54, 1.807) is 13.1 Å². The van der Waals surface area contributed by atoms with E-state index in [9.17, 15) is 9.18 Å². The minimum atomic E-state index is -0.463. The van der Waals surface area contributed by atoms with Crippen LogP contribution in [0.5, 0.6) is 5.75 Å². The van der Waals surface area contributed by atoms with E-state index in [1.807, 2.05) is 0 Å². The zero-order valence-corrected chi connectivity index (χ0v) is 13.8. The lowest BCUT2D eigenvalue weighted by atomic mass is 9.87. The Morgan fingerprint density at radius 3 is 2.74 bits per heavy atom. The molecule has 2 aromatic rings. The van der Waals surface area contributed by atoms with Crippen molar-refractivity contribution in [2.75, 3.05) is 6.61 Å². The molecule has 126 valence electrons. The topological polar surface area (TPSA) is 70.1 Å². The van der Waals surface area contributed by atoms with Crippen LogP contribution >= 0.6 is 12.4 Å². The number of aryl methyl sites for hydroxylation is 1. The normalized spacial score (nSPS) is 21.0. The number of halogens is 2. The predicted octanol–water partition coefficient (Wildman–Crippen LogP) is 2.39. The molecule has 23 heavy (non-hydrogen) atoms. The van der Waals surface area contributed by atoms with Gasteiger partial charge in [-0.3, -0.25) is 9.78 Å². The summed E-state index contributed by atoms with van der Waals surface area (Å²) < 4.78 is 20.3. The lowest BCUT2D eigenvalue weighted by Crippen LogP contribution is -2.29. The largest absolute Gasteiger partial charge is 0.488 e. The smallest absolute Gasteiger partial charge is 0.293 e. The van der Waals surface area contributed by atoms with Crippen molar-refractivity contribution in [1.82, 2.24) is 9.55 Å². The first-order chi connectivity index (χ1) is 10.5. The average Bonchev–Trinajstić information content (AvgIpc) is 2.52. The van der Waals surface area contributed by atoms with E-state index in [0.717, 1.165) is 31.9 Å². The zero-order chi connectivity index (χ0) is 15.7. The zero-order valence-electron chi connectivity index (χ0n) is 13.0. The fourth-order valence-corrected chi connectivity index (χ4v) is 2.95. The van der Waals surface area contributed by atoms with E-state index >= 15 is 0 Å². The Morgan fingerprint density at radius 1 is 1.35 bits per heavy atom. The van der Waals surface area contributed by atoms with E-state index in [2.05, 4.69) is 4.98 Å². The molecule has 1 aliphatic carbocycles. The van der Waals surface area contributed by atoms with Crippen LogP contribution in [0.25, 0.3) is 11.0 Å². The Bertz CT molecular complexity index is 742. The molecule has 1 fully saturated rings. The van der Waals surface area contributed by atoms with Gasteiger partial charge in [-0.1, -0.05) is 0 Å². The number of pyridine rings is 2. The summed E-state index contributed by atoms with van der Waals surface area (Å²) in [4.78, 5) is 16.3. The monoisotopic (exact) mass is 341 g/mol. The summed E-state index contributed by atoms with van der Waals surface area (Å²) in [6.45, 7) is 0.509. The number of hydrogen-bond donors (Lipinski definition) is 1. The fourth-order valence-electron chi connectivity index (χ4n) is 2.95. The number of rotatable bonds is 3. The van der Waals surface area contributed by atoms with Crippen molar-refractivity contribution in [2.45, 2.75) is 31.7 Å². The Morgan fingerprint density at radius 2 is 2.04 bits per heavy atom. The maximum atomic E-state index is 13.3. The maximum absolute atomic E-state index is 13.3. The molecule has 0 unspecified atom stereocenters. The molecule has 2 heterocycles. The number of hydrogen-bond acceptors (Lipinski definition) is 4. The van der Waals surface area contributed by atoms with Crippen molar-refractivity contribution in [3.63, 3.8) is 0 Å². The second-order valence-corrected chi connectivity index (χ2v) is 6.02. The number of ether oxygens (including phenoxy) is 1. The molecule has 0 saturated heterocycles. The summed E-state index contributed by atoms with van der Waals surface area (Å²) in [5.74, 6) is 0.236. The molecule has 0 radical (unpaired) electrons. The molecule has 7 heteroatoms. The number of fused-ring (bicyclic) bond motifs is 1. The van der Waals surface area contributed by atoms with Gasteiger partial charge >= 0.3 is 0 Å². The van der Waals surface area contributed by atoms with E-state index in [-0.39, 0.29) is 23.7 Å². The minimum Gasteiger partial charge on any atom is -0.488 e. The van der Waals surface area contributed by atoms with E-state index in [1.165, 1.54) is 10.6 Å². The molecule has 2 N–H and O–H groups in total. The summed E-state index contributed by atoms with van der Waals surface area (Å²) in [5.41, 5.74) is 6.62. The summed E-state index contributed by atoms with van der Waals surface area (Å²) >= 11 is 0. The average molecular weight is 342 g/mol. The first kappa shape index (κ1) is 17.7. The van der Waals surface area contributed by atoms with Crippen molar-refractivity contribution < 1.29 is 9.13 Å². The van der Waals surface area contributed by atoms with Gasteiger partial charge in [0.05, 0.1) is 23.8 Å². The number of nitrogens with two attached hydrogens (primary N) is 1. The second kappa shape index (κ2) is 7.27. The summed E-state index contributed by atoms with van der Waals surface area (Å²) in [5, 5.41) is 0. The van der Waals surface area contributed by atoms with Crippen LogP contribution in [0.3, 0.4) is 0 Å². The third-order valence-corrected chi connectivity index (χ3v) is 4.37. The molecule has 0 aliphatic heterocycles. The van der Waals surface area contributed by atoms with Gasteiger partial charge in [-0.25, -0.2) is 4.39 Å². The van der Waals surface area contributed by atoms with Gasteiger partial charge in [-0.2, -0.15) is 0 Å². The van der Waals surface area contributed by atoms with Crippen LogP contribution in [0.2, 0.25) is 0 Å². The van der Waals surface area contributed by atoms with E-state index < -0.39 is 5.82 Å². The Balaban J connectivity index is 0.00000192. The van der Waals surface area contributed by atoms with Crippen LogP contribution in [-0.4, -0.2) is 22.2 Å². The van der Waals surface area contributed by atoms with Crippen molar-refractivity contribution in [2.24, 2.45) is 18.7 Å². The van der Waals surface area contributed by atoms with E-state index in [0.29, 0.717) is 29.6 Å². The number of aromatic nitrogens is 2. The molecule has 2 aromatic heterocycles.